The molecule has 30 heavy (non-hydrogen) atoms. The third-order valence-electron chi connectivity index (χ3n) is 6.10. The average molecular weight is 405 g/mol. The number of carbonyl (C=O) groups is 2. The Labute approximate surface area is 178 Å². The van der Waals surface area contributed by atoms with Crippen molar-refractivity contribution in [1.29, 1.82) is 0 Å². The van der Waals surface area contributed by atoms with Crippen molar-refractivity contribution in [3.63, 3.8) is 0 Å². The van der Waals surface area contributed by atoms with E-state index in [0.717, 1.165) is 17.1 Å². The maximum Gasteiger partial charge on any atom is 0.163 e. The first kappa shape index (κ1) is 20.5. The second-order valence-corrected chi connectivity index (χ2v) is 10.2. The van der Waals surface area contributed by atoms with Crippen LogP contribution in [0.1, 0.15) is 64.9 Å². The molecule has 1 heterocycles. The Bertz CT molecular complexity index is 977. The van der Waals surface area contributed by atoms with Gasteiger partial charge >= 0.3 is 0 Å². The summed E-state index contributed by atoms with van der Waals surface area (Å²) in [7, 11) is 0. The fraction of sp³-hybridized carbons (Fsp3) is 0.462. The van der Waals surface area contributed by atoms with E-state index in [9.17, 15) is 9.59 Å². The first-order valence-electron chi connectivity index (χ1n) is 10.5. The molecule has 0 saturated carbocycles. The minimum Gasteiger partial charge on any atom is -0.481 e. The number of ether oxygens (including phenoxy) is 2. The Hall–Kier alpha value is -2.80. The van der Waals surface area contributed by atoms with Crippen LogP contribution >= 0.6 is 0 Å². The van der Waals surface area contributed by atoms with Gasteiger partial charge in [0.05, 0.1) is 0 Å². The Morgan fingerprint density at radius 2 is 1.57 bits per heavy atom. The van der Waals surface area contributed by atoms with Crippen LogP contribution in [-0.4, -0.2) is 18.2 Å². The first-order chi connectivity index (χ1) is 14.1. The van der Waals surface area contributed by atoms with Crippen LogP contribution < -0.4 is 4.74 Å². The maximum atomic E-state index is 13.3. The Kier molecular flexibility index (Phi) is 4.89. The monoisotopic (exact) mass is 404 g/mol. The highest BCUT2D eigenvalue weighted by Crippen LogP contribution is 2.53. The van der Waals surface area contributed by atoms with Crippen molar-refractivity contribution in [2.75, 3.05) is 6.61 Å². The van der Waals surface area contributed by atoms with Gasteiger partial charge in [0, 0.05) is 42.7 Å². The van der Waals surface area contributed by atoms with Crippen molar-refractivity contribution >= 4 is 11.6 Å². The predicted octanol–water partition coefficient (Wildman–Crippen LogP) is 5.10. The normalized spacial score (nSPS) is 22.8. The summed E-state index contributed by atoms with van der Waals surface area (Å²) in [6, 6.07) is 7.56. The van der Waals surface area contributed by atoms with E-state index < -0.39 is 5.92 Å². The van der Waals surface area contributed by atoms with Gasteiger partial charge in [0.2, 0.25) is 0 Å². The van der Waals surface area contributed by atoms with Crippen LogP contribution in [0.25, 0.3) is 0 Å². The number of terminal acetylenes is 1. The molecule has 0 amide bonds. The number of carbonyl (C=O) groups excluding carboxylic acids is 2. The van der Waals surface area contributed by atoms with E-state index in [1.54, 1.807) is 0 Å². The Balaban J connectivity index is 1.87. The fourth-order valence-corrected chi connectivity index (χ4v) is 4.92. The minimum absolute atomic E-state index is 0.0605. The number of hydrogen-bond acceptors (Lipinski definition) is 4. The molecule has 0 radical (unpaired) electrons. The summed E-state index contributed by atoms with van der Waals surface area (Å²) in [5, 5.41) is 0. The molecule has 2 aliphatic carbocycles. The zero-order chi connectivity index (χ0) is 21.7. The van der Waals surface area contributed by atoms with E-state index in [-0.39, 0.29) is 29.0 Å². The third kappa shape index (κ3) is 3.69. The molecule has 1 aliphatic heterocycles. The van der Waals surface area contributed by atoms with Gasteiger partial charge < -0.3 is 9.47 Å². The van der Waals surface area contributed by atoms with E-state index in [4.69, 9.17) is 15.9 Å². The van der Waals surface area contributed by atoms with Crippen molar-refractivity contribution in [1.82, 2.24) is 0 Å². The van der Waals surface area contributed by atoms with Crippen LogP contribution in [-0.2, 0) is 14.3 Å². The molecule has 156 valence electrons. The highest BCUT2D eigenvalue weighted by molar-refractivity contribution is 6.06. The lowest BCUT2D eigenvalue weighted by molar-refractivity contribution is -0.120. The molecule has 0 N–H and O–H groups in total. The van der Waals surface area contributed by atoms with Crippen LogP contribution in [0.3, 0.4) is 0 Å². The molecular formula is C26H28O4. The molecule has 3 aliphatic rings. The molecular weight excluding hydrogens is 376 g/mol. The van der Waals surface area contributed by atoms with Crippen LogP contribution in [0.15, 0.2) is 46.9 Å². The van der Waals surface area contributed by atoms with E-state index in [1.165, 1.54) is 0 Å². The van der Waals surface area contributed by atoms with E-state index >= 15 is 0 Å². The summed E-state index contributed by atoms with van der Waals surface area (Å²) in [5.41, 5.74) is 1.81. The predicted molar refractivity (Wildman–Crippen MR) is 115 cm³/mol. The Morgan fingerprint density at radius 3 is 2.10 bits per heavy atom. The standard InChI is InChI=1S/C26H28O4/c1-6-10-29-17-9-7-8-16(11-17)22-23-18(27)12-25(2,3)14-20(23)30-21-15-26(4,5)13-19(28)24(21)22/h1,7-9,11,22H,10,12-15H2,2-5H3. The van der Waals surface area contributed by atoms with Crippen LogP contribution in [0.5, 0.6) is 5.75 Å². The van der Waals surface area contributed by atoms with Gasteiger partial charge in [-0.15, -0.1) is 6.42 Å². The molecule has 1 aromatic rings. The smallest absolute Gasteiger partial charge is 0.163 e. The van der Waals surface area contributed by atoms with Gasteiger partial charge in [-0.05, 0) is 28.5 Å². The highest BCUT2D eigenvalue weighted by Gasteiger charge is 2.47. The number of hydrogen-bond donors (Lipinski definition) is 0. The second kappa shape index (κ2) is 7.16. The van der Waals surface area contributed by atoms with Crippen LogP contribution in [0.2, 0.25) is 0 Å². The summed E-state index contributed by atoms with van der Waals surface area (Å²) < 4.78 is 11.9. The van der Waals surface area contributed by atoms with Crippen molar-refractivity contribution in [2.24, 2.45) is 10.8 Å². The van der Waals surface area contributed by atoms with Crippen molar-refractivity contribution < 1.29 is 19.1 Å². The highest BCUT2D eigenvalue weighted by atomic mass is 16.5. The molecule has 1 aromatic carbocycles. The molecule has 4 rings (SSSR count). The topological polar surface area (TPSA) is 52.6 Å². The van der Waals surface area contributed by atoms with E-state index in [2.05, 4.69) is 33.6 Å². The molecule has 4 heteroatoms. The first-order valence-corrected chi connectivity index (χ1v) is 10.5. The number of Topliss-reactive ketones (excluding diaryl/α,β-unsaturated/α-hetero) is 2. The number of benzene rings is 1. The fourth-order valence-electron chi connectivity index (χ4n) is 4.92. The van der Waals surface area contributed by atoms with Gasteiger partial charge in [0.15, 0.2) is 11.6 Å². The zero-order valence-corrected chi connectivity index (χ0v) is 18.1. The number of ketones is 2. The maximum absolute atomic E-state index is 13.3. The Morgan fingerprint density at radius 1 is 1.00 bits per heavy atom. The van der Waals surface area contributed by atoms with Gasteiger partial charge in [-0.3, -0.25) is 9.59 Å². The number of rotatable bonds is 3. The van der Waals surface area contributed by atoms with Gasteiger partial charge in [-0.25, -0.2) is 0 Å². The number of allylic oxidation sites excluding steroid dienone is 4. The quantitative estimate of drug-likeness (QED) is 0.658. The zero-order valence-electron chi connectivity index (χ0n) is 18.1. The van der Waals surface area contributed by atoms with Gasteiger partial charge in [0.1, 0.15) is 23.9 Å². The summed E-state index contributed by atoms with van der Waals surface area (Å²) in [5.74, 6) is 4.26. The van der Waals surface area contributed by atoms with Crippen LogP contribution in [0, 0.1) is 23.2 Å². The molecule has 0 unspecified atom stereocenters. The van der Waals surface area contributed by atoms with E-state index in [0.29, 0.717) is 42.6 Å². The lowest BCUT2D eigenvalue weighted by Crippen LogP contribution is -2.37. The van der Waals surface area contributed by atoms with E-state index in [1.807, 2.05) is 24.3 Å². The third-order valence-corrected chi connectivity index (χ3v) is 6.10. The van der Waals surface area contributed by atoms with Gasteiger partial charge in [0.25, 0.3) is 0 Å². The molecule has 4 nitrogen and oxygen atoms in total. The average Bonchev–Trinajstić information content (AvgIpc) is 2.63. The summed E-state index contributed by atoms with van der Waals surface area (Å²) in [4.78, 5) is 26.5. The summed E-state index contributed by atoms with van der Waals surface area (Å²) >= 11 is 0. The molecule has 0 fully saturated rings. The second-order valence-electron chi connectivity index (χ2n) is 10.2. The largest absolute Gasteiger partial charge is 0.481 e. The SMILES string of the molecule is C#CCOc1cccc(C2C3=C(CC(C)(C)CC3=O)OC3=C2C(=O)CC(C)(C)C3)c1. The van der Waals surface area contributed by atoms with Crippen LogP contribution in [0.4, 0.5) is 0 Å². The lowest BCUT2D eigenvalue weighted by Gasteiger charge is -2.42. The molecule has 0 spiro atoms. The molecule has 0 aromatic heterocycles. The molecule has 0 saturated heterocycles. The summed E-state index contributed by atoms with van der Waals surface area (Å²) in [6.45, 7) is 8.50. The van der Waals surface area contributed by atoms with Crippen molar-refractivity contribution in [3.8, 4) is 18.1 Å². The lowest BCUT2D eigenvalue weighted by atomic mass is 9.65. The minimum atomic E-state index is -0.412. The summed E-state index contributed by atoms with van der Waals surface area (Å²) in [6.07, 6.45) is 7.58. The van der Waals surface area contributed by atoms with Gasteiger partial charge in [-0.2, -0.15) is 0 Å². The molecule has 0 atom stereocenters. The van der Waals surface area contributed by atoms with Gasteiger partial charge in [-0.1, -0.05) is 45.7 Å². The van der Waals surface area contributed by atoms with Crippen molar-refractivity contribution in [2.45, 2.75) is 59.3 Å². The van der Waals surface area contributed by atoms with Crippen molar-refractivity contribution in [3.05, 3.63) is 52.5 Å². The molecule has 0 bridgehead atoms.